The third-order valence-electron chi connectivity index (χ3n) is 3.13. The second-order valence-corrected chi connectivity index (χ2v) is 7.13. The van der Waals surface area contributed by atoms with Gasteiger partial charge in [-0.05, 0) is 24.8 Å². The van der Waals surface area contributed by atoms with Crippen molar-refractivity contribution < 1.29 is 18.3 Å². The highest BCUT2D eigenvalue weighted by molar-refractivity contribution is 7.89. The summed E-state index contributed by atoms with van der Waals surface area (Å²) in [6.45, 7) is 0.445. The Morgan fingerprint density at radius 1 is 1.44 bits per heavy atom. The van der Waals surface area contributed by atoms with Crippen LogP contribution < -0.4 is 4.72 Å². The Balaban J connectivity index is 2.02. The zero-order chi connectivity index (χ0) is 13.2. The molecule has 1 aliphatic carbocycles. The van der Waals surface area contributed by atoms with Crippen molar-refractivity contribution in [2.24, 2.45) is 5.92 Å². The average molecular weight is 289 g/mol. The minimum atomic E-state index is -3.56. The van der Waals surface area contributed by atoms with E-state index in [1.165, 1.54) is 11.4 Å². The second kappa shape index (κ2) is 5.38. The minimum Gasteiger partial charge on any atom is -0.477 e. The number of aromatic carboxylic acids is 1. The summed E-state index contributed by atoms with van der Waals surface area (Å²) in [7, 11) is -3.56. The van der Waals surface area contributed by atoms with Gasteiger partial charge in [0.2, 0.25) is 10.0 Å². The fourth-order valence-corrected chi connectivity index (χ4v) is 4.32. The van der Waals surface area contributed by atoms with Gasteiger partial charge in [-0.1, -0.05) is 12.8 Å². The Bertz CT molecular complexity index is 529. The van der Waals surface area contributed by atoms with Gasteiger partial charge in [-0.3, -0.25) is 0 Å². The molecule has 0 atom stereocenters. The predicted octanol–water partition coefficient (Wildman–Crippen LogP) is 1.91. The first-order valence-electron chi connectivity index (χ1n) is 5.80. The zero-order valence-electron chi connectivity index (χ0n) is 9.76. The van der Waals surface area contributed by atoms with Crippen molar-refractivity contribution in [2.45, 2.75) is 30.6 Å². The van der Waals surface area contributed by atoms with Crippen molar-refractivity contribution in [3.05, 3.63) is 16.3 Å². The highest BCUT2D eigenvalue weighted by Crippen LogP contribution is 2.25. The largest absolute Gasteiger partial charge is 0.477 e. The fraction of sp³-hybridized carbons (Fsp3) is 0.545. The summed E-state index contributed by atoms with van der Waals surface area (Å²) in [6.07, 6.45) is 4.45. The van der Waals surface area contributed by atoms with Gasteiger partial charge in [-0.15, -0.1) is 11.3 Å². The molecule has 1 aliphatic rings. The highest BCUT2D eigenvalue weighted by atomic mass is 32.2. The van der Waals surface area contributed by atoms with E-state index in [1.807, 2.05) is 0 Å². The molecule has 1 saturated carbocycles. The lowest BCUT2D eigenvalue weighted by atomic mass is 10.1. The van der Waals surface area contributed by atoms with Gasteiger partial charge >= 0.3 is 5.97 Å². The summed E-state index contributed by atoms with van der Waals surface area (Å²) >= 11 is 0.924. The molecule has 0 spiro atoms. The SMILES string of the molecule is O=C(O)c1cc(S(=O)(=O)NCC2CCCC2)cs1. The summed E-state index contributed by atoms with van der Waals surface area (Å²) in [5.41, 5.74) is 0. The number of carboxylic acid groups (broad SMARTS) is 1. The molecule has 100 valence electrons. The van der Waals surface area contributed by atoms with Gasteiger partial charge in [0.05, 0.1) is 4.90 Å². The van der Waals surface area contributed by atoms with Gasteiger partial charge in [0.1, 0.15) is 4.88 Å². The zero-order valence-corrected chi connectivity index (χ0v) is 11.4. The predicted molar refractivity (Wildman–Crippen MR) is 68.4 cm³/mol. The molecule has 1 aromatic heterocycles. The maximum Gasteiger partial charge on any atom is 0.345 e. The van der Waals surface area contributed by atoms with E-state index in [0.717, 1.165) is 37.0 Å². The topological polar surface area (TPSA) is 83.5 Å². The van der Waals surface area contributed by atoms with Crippen molar-refractivity contribution >= 4 is 27.3 Å². The fourth-order valence-electron chi connectivity index (χ4n) is 2.10. The van der Waals surface area contributed by atoms with E-state index in [2.05, 4.69) is 4.72 Å². The smallest absolute Gasteiger partial charge is 0.345 e. The lowest BCUT2D eigenvalue weighted by Crippen LogP contribution is -2.28. The number of carboxylic acids is 1. The number of rotatable bonds is 5. The van der Waals surface area contributed by atoms with E-state index >= 15 is 0 Å². The monoisotopic (exact) mass is 289 g/mol. The Labute approximate surface area is 110 Å². The van der Waals surface area contributed by atoms with Crippen LogP contribution in [0.5, 0.6) is 0 Å². The minimum absolute atomic E-state index is 0.0382. The van der Waals surface area contributed by atoms with Crippen LogP contribution in [-0.4, -0.2) is 26.0 Å². The van der Waals surface area contributed by atoms with Gasteiger partial charge in [0.15, 0.2) is 0 Å². The standard InChI is InChI=1S/C11H15NO4S2/c13-11(14)10-5-9(7-17-10)18(15,16)12-6-8-3-1-2-4-8/h5,7-8,12H,1-4,6H2,(H,13,14). The Hall–Kier alpha value is -0.920. The van der Waals surface area contributed by atoms with Gasteiger partial charge in [0, 0.05) is 11.9 Å². The van der Waals surface area contributed by atoms with Crippen molar-refractivity contribution in [2.75, 3.05) is 6.54 Å². The molecule has 0 bridgehead atoms. The van der Waals surface area contributed by atoms with Crippen LogP contribution in [0, 0.1) is 5.92 Å². The molecular formula is C11H15NO4S2. The third-order valence-corrected chi connectivity index (χ3v) is 5.60. The maximum atomic E-state index is 11.9. The van der Waals surface area contributed by atoms with Crippen LogP contribution in [0.15, 0.2) is 16.3 Å². The lowest BCUT2D eigenvalue weighted by molar-refractivity contribution is 0.0702. The molecule has 1 fully saturated rings. The molecule has 0 unspecified atom stereocenters. The van der Waals surface area contributed by atoms with Crippen molar-refractivity contribution in [1.82, 2.24) is 4.72 Å². The van der Waals surface area contributed by atoms with E-state index in [-0.39, 0.29) is 9.77 Å². The summed E-state index contributed by atoms with van der Waals surface area (Å²) in [5.74, 6) is -0.686. The van der Waals surface area contributed by atoms with E-state index in [4.69, 9.17) is 5.11 Å². The quantitative estimate of drug-likeness (QED) is 0.867. The van der Waals surface area contributed by atoms with Crippen LogP contribution >= 0.6 is 11.3 Å². The molecule has 7 heteroatoms. The first kappa shape index (κ1) is 13.5. The van der Waals surface area contributed by atoms with Crippen LogP contribution in [0.25, 0.3) is 0 Å². The molecule has 1 aromatic rings. The van der Waals surface area contributed by atoms with E-state index in [9.17, 15) is 13.2 Å². The molecule has 0 saturated heterocycles. The molecule has 2 N–H and O–H groups in total. The number of nitrogens with one attached hydrogen (secondary N) is 1. The molecular weight excluding hydrogens is 274 g/mol. The first-order valence-corrected chi connectivity index (χ1v) is 8.17. The molecule has 1 heterocycles. The number of hydrogen-bond acceptors (Lipinski definition) is 4. The molecule has 2 rings (SSSR count). The van der Waals surface area contributed by atoms with Crippen molar-refractivity contribution in [1.29, 1.82) is 0 Å². The number of carbonyl (C=O) groups is 1. The summed E-state index contributed by atoms with van der Waals surface area (Å²) in [4.78, 5) is 10.8. The Kier molecular flexibility index (Phi) is 4.04. The normalized spacial score (nSPS) is 17.1. The van der Waals surface area contributed by atoms with Gasteiger partial charge in [0.25, 0.3) is 0 Å². The van der Waals surface area contributed by atoms with Crippen molar-refractivity contribution in [3.63, 3.8) is 0 Å². The third kappa shape index (κ3) is 3.09. The second-order valence-electron chi connectivity index (χ2n) is 4.45. The number of hydrogen-bond donors (Lipinski definition) is 2. The van der Waals surface area contributed by atoms with Crippen LogP contribution in [0.1, 0.15) is 35.4 Å². The molecule has 0 aliphatic heterocycles. The molecule has 5 nitrogen and oxygen atoms in total. The summed E-state index contributed by atoms with van der Waals surface area (Å²) in [5, 5.41) is 10.1. The van der Waals surface area contributed by atoms with Gasteiger partial charge < -0.3 is 5.11 Å². The summed E-state index contributed by atoms with van der Waals surface area (Å²) in [6, 6.07) is 1.20. The molecule has 18 heavy (non-hydrogen) atoms. The van der Waals surface area contributed by atoms with Crippen molar-refractivity contribution in [3.8, 4) is 0 Å². The highest BCUT2D eigenvalue weighted by Gasteiger charge is 2.21. The van der Waals surface area contributed by atoms with Crippen LogP contribution in [0.4, 0.5) is 0 Å². The number of thiophene rings is 1. The molecule has 0 amide bonds. The van der Waals surface area contributed by atoms with Crippen LogP contribution in [-0.2, 0) is 10.0 Å². The molecule has 0 radical (unpaired) electrons. The van der Waals surface area contributed by atoms with E-state index in [0.29, 0.717) is 12.5 Å². The van der Waals surface area contributed by atoms with Crippen LogP contribution in [0.2, 0.25) is 0 Å². The Morgan fingerprint density at radius 2 is 2.11 bits per heavy atom. The van der Waals surface area contributed by atoms with Crippen LogP contribution in [0.3, 0.4) is 0 Å². The first-order chi connectivity index (χ1) is 8.49. The molecule has 0 aromatic carbocycles. The number of sulfonamides is 1. The van der Waals surface area contributed by atoms with E-state index < -0.39 is 16.0 Å². The van der Waals surface area contributed by atoms with E-state index in [1.54, 1.807) is 0 Å². The average Bonchev–Trinajstić information content (AvgIpc) is 2.98. The summed E-state index contributed by atoms with van der Waals surface area (Å²) < 4.78 is 26.4. The maximum absolute atomic E-state index is 11.9. The van der Waals surface area contributed by atoms with Gasteiger partial charge in [-0.25, -0.2) is 17.9 Å². The van der Waals surface area contributed by atoms with Gasteiger partial charge in [-0.2, -0.15) is 0 Å². The lowest BCUT2D eigenvalue weighted by Gasteiger charge is -2.10. The Morgan fingerprint density at radius 3 is 2.67 bits per heavy atom.